The van der Waals surface area contributed by atoms with E-state index >= 15 is 0 Å². The van der Waals surface area contributed by atoms with Crippen molar-refractivity contribution >= 4 is 27.5 Å². The van der Waals surface area contributed by atoms with E-state index in [1.165, 1.54) is 0 Å². The lowest BCUT2D eigenvalue weighted by molar-refractivity contribution is 0.0946. The summed E-state index contributed by atoms with van der Waals surface area (Å²) in [5, 5.41) is 6.30. The van der Waals surface area contributed by atoms with Gasteiger partial charge in [0.15, 0.2) is 5.82 Å². The van der Waals surface area contributed by atoms with Crippen molar-refractivity contribution in [2.45, 2.75) is 13.5 Å². The normalized spacial score (nSPS) is 10.3. The van der Waals surface area contributed by atoms with Crippen LogP contribution in [0.2, 0.25) is 0 Å². The Kier molecular flexibility index (Phi) is 3.61. The molecule has 1 heterocycles. The van der Waals surface area contributed by atoms with E-state index in [4.69, 9.17) is 10.3 Å². The average molecular weight is 311 g/mol. The third kappa shape index (κ3) is 3.07. The highest BCUT2D eigenvalue weighted by Crippen LogP contribution is 2.17. The summed E-state index contributed by atoms with van der Waals surface area (Å²) >= 11 is 3.28. The molecule has 6 nitrogen and oxygen atoms in total. The minimum Gasteiger partial charge on any atom is -0.399 e. The van der Waals surface area contributed by atoms with Gasteiger partial charge in [-0.2, -0.15) is 4.98 Å². The number of rotatable bonds is 3. The fourth-order valence-electron chi connectivity index (χ4n) is 1.41. The van der Waals surface area contributed by atoms with Crippen molar-refractivity contribution in [3.05, 3.63) is 40.0 Å². The maximum absolute atomic E-state index is 11.9. The van der Waals surface area contributed by atoms with Crippen molar-refractivity contribution < 1.29 is 9.32 Å². The summed E-state index contributed by atoms with van der Waals surface area (Å²) in [6, 6.07) is 5.00. The second kappa shape index (κ2) is 5.18. The first kappa shape index (κ1) is 12.6. The fraction of sp³-hybridized carbons (Fsp3) is 0.182. The number of amides is 1. The molecule has 18 heavy (non-hydrogen) atoms. The first-order valence-electron chi connectivity index (χ1n) is 5.18. The van der Waals surface area contributed by atoms with Crippen molar-refractivity contribution in [3.8, 4) is 0 Å². The van der Waals surface area contributed by atoms with Crippen LogP contribution in [0.15, 0.2) is 27.2 Å². The number of anilines is 1. The zero-order valence-electron chi connectivity index (χ0n) is 9.61. The number of nitrogens with one attached hydrogen (secondary N) is 1. The molecule has 0 bridgehead atoms. The van der Waals surface area contributed by atoms with E-state index in [1.807, 2.05) is 0 Å². The molecule has 7 heteroatoms. The molecule has 1 aromatic carbocycles. The van der Waals surface area contributed by atoms with E-state index < -0.39 is 0 Å². The fourth-order valence-corrected chi connectivity index (χ4v) is 1.92. The maximum atomic E-state index is 11.9. The van der Waals surface area contributed by atoms with Crippen LogP contribution in [0.3, 0.4) is 0 Å². The van der Waals surface area contributed by atoms with Crippen LogP contribution in [-0.4, -0.2) is 16.0 Å². The molecule has 0 saturated carbocycles. The largest absolute Gasteiger partial charge is 0.399 e. The van der Waals surface area contributed by atoms with E-state index in [9.17, 15) is 4.79 Å². The van der Waals surface area contributed by atoms with Gasteiger partial charge >= 0.3 is 0 Å². The number of hydrogen-bond donors (Lipinski definition) is 2. The summed E-state index contributed by atoms with van der Waals surface area (Å²) < 4.78 is 5.64. The van der Waals surface area contributed by atoms with Crippen LogP contribution < -0.4 is 11.1 Å². The smallest absolute Gasteiger partial charge is 0.251 e. The molecule has 0 radical (unpaired) electrons. The van der Waals surface area contributed by atoms with Gasteiger partial charge < -0.3 is 15.6 Å². The quantitative estimate of drug-likeness (QED) is 0.841. The molecule has 0 fully saturated rings. The Labute approximate surface area is 112 Å². The van der Waals surface area contributed by atoms with Crippen molar-refractivity contribution in [3.63, 3.8) is 0 Å². The summed E-state index contributed by atoms with van der Waals surface area (Å²) in [5.74, 6) is 0.647. The molecule has 0 aliphatic heterocycles. The van der Waals surface area contributed by atoms with E-state index in [1.54, 1.807) is 25.1 Å². The van der Waals surface area contributed by atoms with E-state index in [2.05, 4.69) is 31.4 Å². The summed E-state index contributed by atoms with van der Waals surface area (Å²) in [4.78, 5) is 15.8. The highest BCUT2D eigenvalue weighted by atomic mass is 79.9. The Bertz CT molecular complexity index is 562. The van der Waals surface area contributed by atoms with Crippen molar-refractivity contribution in [2.24, 2.45) is 0 Å². The van der Waals surface area contributed by atoms with Crippen LogP contribution in [0, 0.1) is 6.92 Å². The van der Waals surface area contributed by atoms with Crippen molar-refractivity contribution in [1.29, 1.82) is 0 Å². The van der Waals surface area contributed by atoms with Gasteiger partial charge in [-0.15, -0.1) is 0 Å². The third-order valence-electron chi connectivity index (χ3n) is 2.15. The van der Waals surface area contributed by atoms with Gasteiger partial charge in [0.25, 0.3) is 5.91 Å². The predicted molar refractivity (Wildman–Crippen MR) is 68.8 cm³/mol. The van der Waals surface area contributed by atoms with Crippen LogP contribution in [0.25, 0.3) is 0 Å². The number of carbonyl (C=O) groups is 1. The molecule has 2 rings (SSSR count). The Morgan fingerprint density at radius 1 is 1.50 bits per heavy atom. The number of halogens is 1. The Morgan fingerprint density at radius 2 is 2.28 bits per heavy atom. The maximum Gasteiger partial charge on any atom is 0.251 e. The molecule has 94 valence electrons. The highest BCUT2D eigenvalue weighted by molar-refractivity contribution is 9.10. The van der Waals surface area contributed by atoms with Gasteiger partial charge in [0.1, 0.15) is 0 Å². The topological polar surface area (TPSA) is 94.0 Å². The summed E-state index contributed by atoms with van der Waals surface area (Å²) in [6.07, 6.45) is 0. The third-order valence-corrected chi connectivity index (χ3v) is 2.61. The van der Waals surface area contributed by atoms with Gasteiger partial charge in [-0.3, -0.25) is 4.79 Å². The SMILES string of the molecule is Cc1noc(CNC(=O)c2cc(N)cc(Br)c2)n1. The molecule has 1 aromatic heterocycles. The van der Waals surface area contributed by atoms with Gasteiger partial charge in [0.2, 0.25) is 5.89 Å². The van der Waals surface area contributed by atoms with Crippen LogP contribution in [0.4, 0.5) is 5.69 Å². The number of benzene rings is 1. The standard InChI is InChI=1S/C11H11BrN4O2/c1-6-15-10(18-16-6)5-14-11(17)7-2-8(12)4-9(13)3-7/h2-4H,5,13H2,1H3,(H,14,17). The van der Waals surface area contributed by atoms with Gasteiger partial charge in [-0.1, -0.05) is 21.1 Å². The van der Waals surface area contributed by atoms with Gasteiger partial charge in [-0.05, 0) is 25.1 Å². The lowest BCUT2D eigenvalue weighted by Gasteiger charge is -2.04. The molecule has 0 atom stereocenters. The number of nitrogens with zero attached hydrogens (tertiary/aromatic N) is 2. The summed E-state index contributed by atoms with van der Waals surface area (Å²) in [6.45, 7) is 1.90. The molecular formula is C11H11BrN4O2. The molecule has 2 aromatic rings. The highest BCUT2D eigenvalue weighted by Gasteiger charge is 2.09. The molecular weight excluding hydrogens is 300 g/mol. The summed E-state index contributed by atoms with van der Waals surface area (Å²) in [5.41, 5.74) is 6.64. The van der Waals surface area contributed by atoms with Crippen LogP contribution in [0.5, 0.6) is 0 Å². The number of carbonyl (C=O) groups excluding carboxylic acids is 1. The number of nitrogen functional groups attached to an aromatic ring is 1. The zero-order chi connectivity index (χ0) is 13.1. The first-order chi connectivity index (χ1) is 8.54. The van der Waals surface area contributed by atoms with Crippen molar-refractivity contribution in [1.82, 2.24) is 15.5 Å². The van der Waals surface area contributed by atoms with E-state index in [0.29, 0.717) is 23.0 Å². The number of aromatic nitrogens is 2. The Balaban J connectivity index is 2.03. The number of nitrogens with two attached hydrogens (primary N) is 1. The van der Waals surface area contributed by atoms with Crippen LogP contribution >= 0.6 is 15.9 Å². The van der Waals surface area contributed by atoms with Crippen LogP contribution in [0.1, 0.15) is 22.1 Å². The Hall–Kier alpha value is -1.89. The molecule has 0 unspecified atom stereocenters. The summed E-state index contributed by atoms with van der Waals surface area (Å²) in [7, 11) is 0. The lowest BCUT2D eigenvalue weighted by atomic mass is 10.2. The second-order valence-electron chi connectivity index (χ2n) is 3.69. The molecule has 0 saturated heterocycles. The lowest BCUT2D eigenvalue weighted by Crippen LogP contribution is -2.23. The van der Waals surface area contributed by atoms with E-state index in [0.717, 1.165) is 4.47 Å². The van der Waals surface area contributed by atoms with Crippen molar-refractivity contribution in [2.75, 3.05) is 5.73 Å². The number of aryl methyl sites for hydroxylation is 1. The van der Waals surface area contributed by atoms with Crippen LogP contribution in [-0.2, 0) is 6.54 Å². The van der Waals surface area contributed by atoms with Gasteiger partial charge in [-0.25, -0.2) is 0 Å². The molecule has 0 spiro atoms. The number of hydrogen-bond acceptors (Lipinski definition) is 5. The minimum absolute atomic E-state index is 0.187. The molecule has 0 aliphatic carbocycles. The molecule has 0 aliphatic rings. The first-order valence-corrected chi connectivity index (χ1v) is 5.97. The Morgan fingerprint density at radius 3 is 2.89 bits per heavy atom. The monoisotopic (exact) mass is 310 g/mol. The second-order valence-corrected chi connectivity index (χ2v) is 4.61. The van der Waals surface area contributed by atoms with E-state index in [-0.39, 0.29) is 12.5 Å². The minimum atomic E-state index is -0.251. The average Bonchev–Trinajstić information content (AvgIpc) is 2.70. The van der Waals surface area contributed by atoms with Gasteiger partial charge in [0.05, 0.1) is 6.54 Å². The van der Waals surface area contributed by atoms with Gasteiger partial charge in [0, 0.05) is 15.7 Å². The zero-order valence-corrected chi connectivity index (χ0v) is 11.2. The molecule has 1 amide bonds. The molecule has 3 N–H and O–H groups in total. The predicted octanol–water partition coefficient (Wildman–Crippen LogP) is 1.65.